The van der Waals surface area contributed by atoms with E-state index in [0.29, 0.717) is 25.7 Å². The van der Waals surface area contributed by atoms with E-state index in [1.54, 1.807) is 19.9 Å². The van der Waals surface area contributed by atoms with Crippen LogP contribution in [0.2, 0.25) is 0 Å². The SMILES string of the molecule is CCCCC[C@H](O)C=C[C@@H]1[C@@H](CC=CCCCC(=O)O)C(=O)C(C)(C)[C@H]1O. The van der Waals surface area contributed by atoms with Crippen molar-refractivity contribution in [2.75, 3.05) is 0 Å². The van der Waals surface area contributed by atoms with Crippen molar-refractivity contribution in [3.8, 4) is 0 Å². The zero-order chi connectivity index (χ0) is 20.4. The van der Waals surface area contributed by atoms with Crippen LogP contribution in [0.1, 0.15) is 72.1 Å². The van der Waals surface area contributed by atoms with Crippen molar-refractivity contribution in [1.82, 2.24) is 0 Å². The third kappa shape index (κ3) is 7.23. The minimum absolute atomic E-state index is 0.0420. The van der Waals surface area contributed by atoms with Gasteiger partial charge in [0.05, 0.1) is 17.6 Å². The highest BCUT2D eigenvalue weighted by molar-refractivity contribution is 5.90. The fraction of sp³-hybridized carbons (Fsp3) is 0.727. The predicted molar refractivity (Wildman–Crippen MR) is 106 cm³/mol. The topological polar surface area (TPSA) is 94.8 Å². The average Bonchev–Trinajstić information content (AvgIpc) is 2.76. The molecule has 27 heavy (non-hydrogen) atoms. The Labute approximate surface area is 163 Å². The Hall–Kier alpha value is -1.46. The molecule has 1 rings (SSSR count). The third-order valence-corrected chi connectivity index (χ3v) is 5.52. The molecule has 0 aliphatic heterocycles. The number of unbranched alkanes of at least 4 members (excludes halogenated alkanes) is 3. The van der Waals surface area contributed by atoms with Crippen LogP contribution in [-0.4, -0.2) is 39.3 Å². The van der Waals surface area contributed by atoms with Crippen LogP contribution in [0.3, 0.4) is 0 Å². The molecular formula is C22H36O5. The fourth-order valence-electron chi connectivity index (χ4n) is 3.69. The first-order valence-electron chi connectivity index (χ1n) is 10.2. The van der Waals surface area contributed by atoms with Crippen molar-refractivity contribution in [3.05, 3.63) is 24.3 Å². The van der Waals surface area contributed by atoms with Gasteiger partial charge in [0.1, 0.15) is 5.78 Å². The number of aliphatic hydroxyl groups excluding tert-OH is 2. The molecule has 0 aromatic rings. The van der Waals surface area contributed by atoms with Crippen LogP contribution in [-0.2, 0) is 9.59 Å². The fourth-order valence-corrected chi connectivity index (χ4v) is 3.69. The smallest absolute Gasteiger partial charge is 0.303 e. The quantitative estimate of drug-likeness (QED) is 0.353. The first-order valence-corrected chi connectivity index (χ1v) is 10.2. The lowest BCUT2D eigenvalue weighted by Gasteiger charge is -2.22. The van der Waals surface area contributed by atoms with Gasteiger partial charge >= 0.3 is 5.97 Å². The Balaban J connectivity index is 2.69. The average molecular weight is 381 g/mol. The van der Waals surface area contributed by atoms with Gasteiger partial charge in [-0.3, -0.25) is 9.59 Å². The Kier molecular flexibility index (Phi) is 9.95. The molecule has 0 spiro atoms. The maximum Gasteiger partial charge on any atom is 0.303 e. The molecule has 0 bridgehead atoms. The van der Waals surface area contributed by atoms with Crippen LogP contribution in [0.5, 0.6) is 0 Å². The number of rotatable bonds is 12. The molecule has 0 heterocycles. The second kappa shape index (κ2) is 11.4. The van der Waals surface area contributed by atoms with Crippen LogP contribution < -0.4 is 0 Å². The molecule has 0 unspecified atom stereocenters. The number of carbonyl (C=O) groups is 2. The number of carboxylic acid groups (broad SMARTS) is 1. The summed E-state index contributed by atoms with van der Waals surface area (Å²) in [4.78, 5) is 23.3. The van der Waals surface area contributed by atoms with E-state index in [1.165, 1.54) is 0 Å². The van der Waals surface area contributed by atoms with Gasteiger partial charge in [0, 0.05) is 18.3 Å². The molecule has 0 radical (unpaired) electrons. The lowest BCUT2D eigenvalue weighted by Crippen LogP contribution is -2.31. The summed E-state index contributed by atoms with van der Waals surface area (Å²) in [5, 5.41) is 29.4. The van der Waals surface area contributed by atoms with Crippen molar-refractivity contribution in [1.29, 1.82) is 0 Å². The molecule has 0 saturated heterocycles. The lowest BCUT2D eigenvalue weighted by molar-refractivity contribution is -0.137. The maximum absolute atomic E-state index is 12.7. The normalized spacial score (nSPS) is 26.3. The van der Waals surface area contributed by atoms with Crippen molar-refractivity contribution in [2.24, 2.45) is 17.3 Å². The molecule has 1 saturated carbocycles. The molecule has 5 heteroatoms. The molecule has 3 N–H and O–H groups in total. The first-order chi connectivity index (χ1) is 12.7. The molecule has 0 aromatic carbocycles. The monoisotopic (exact) mass is 380 g/mol. The van der Waals surface area contributed by atoms with Gasteiger partial charge in [-0.2, -0.15) is 0 Å². The highest BCUT2D eigenvalue weighted by atomic mass is 16.4. The number of allylic oxidation sites excluding steroid dienone is 2. The number of aliphatic hydroxyl groups is 2. The van der Waals surface area contributed by atoms with Gasteiger partial charge < -0.3 is 15.3 Å². The summed E-state index contributed by atoms with van der Waals surface area (Å²) < 4.78 is 0. The Bertz CT molecular complexity index is 535. The Morgan fingerprint density at radius 1 is 1.22 bits per heavy atom. The van der Waals surface area contributed by atoms with E-state index in [-0.39, 0.29) is 24.0 Å². The highest BCUT2D eigenvalue weighted by Gasteiger charge is 2.52. The summed E-state index contributed by atoms with van der Waals surface area (Å²) in [6.07, 6.45) is 11.8. The molecule has 1 aliphatic rings. The summed E-state index contributed by atoms with van der Waals surface area (Å²) in [5.41, 5.74) is -0.802. The van der Waals surface area contributed by atoms with Gasteiger partial charge in [-0.25, -0.2) is 0 Å². The minimum Gasteiger partial charge on any atom is -0.481 e. The zero-order valence-electron chi connectivity index (χ0n) is 16.9. The molecular weight excluding hydrogens is 344 g/mol. The maximum atomic E-state index is 12.7. The molecule has 1 aliphatic carbocycles. The minimum atomic E-state index is -0.804. The number of carboxylic acids is 1. The second-order valence-electron chi connectivity index (χ2n) is 8.16. The molecule has 1 fully saturated rings. The molecule has 0 amide bonds. The van der Waals surface area contributed by atoms with Crippen LogP contribution >= 0.6 is 0 Å². The van der Waals surface area contributed by atoms with E-state index in [1.807, 2.05) is 18.2 Å². The third-order valence-electron chi connectivity index (χ3n) is 5.52. The van der Waals surface area contributed by atoms with Crippen molar-refractivity contribution in [3.63, 3.8) is 0 Å². The highest BCUT2D eigenvalue weighted by Crippen LogP contribution is 2.44. The summed E-state index contributed by atoms with van der Waals surface area (Å²) in [5.74, 6) is -1.39. The van der Waals surface area contributed by atoms with Gasteiger partial charge in [-0.05, 0) is 25.7 Å². The summed E-state index contributed by atoms with van der Waals surface area (Å²) in [7, 11) is 0. The van der Waals surface area contributed by atoms with E-state index < -0.39 is 23.6 Å². The van der Waals surface area contributed by atoms with Gasteiger partial charge in [0.25, 0.3) is 0 Å². The number of ketones is 1. The van der Waals surface area contributed by atoms with Gasteiger partial charge in [0.2, 0.25) is 0 Å². The second-order valence-corrected chi connectivity index (χ2v) is 8.16. The Morgan fingerprint density at radius 2 is 1.93 bits per heavy atom. The van der Waals surface area contributed by atoms with Crippen LogP contribution in [0, 0.1) is 17.3 Å². The van der Waals surface area contributed by atoms with E-state index in [9.17, 15) is 19.8 Å². The molecule has 5 nitrogen and oxygen atoms in total. The number of hydrogen-bond donors (Lipinski definition) is 3. The molecule has 0 aromatic heterocycles. The summed E-state index contributed by atoms with van der Waals surface area (Å²) in [6, 6.07) is 0. The van der Waals surface area contributed by atoms with Gasteiger partial charge in [-0.1, -0.05) is 64.3 Å². The van der Waals surface area contributed by atoms with E-state index in [2.05, 4.69) is 6.92 Å². The predicted octanol–water partition coefficient (Wildman–Crippen LogP) is 3.89. The number of hydrogen-bond acceptors (Lipinski definition) is 4. The summed E-state index contributed by atoms with van der Waals surface area (Å²) >= 11 is 0. The largest absolute Gasteiger partial charge is 0.481 e. The van der Waals surface area contributed by atoms with Crippen LogP contribution in [0.25, 0.3) is 0 Å². The van der Waals surface area contributed by atoms with E-state index in [0.717, 1.165) is 19.3 Å². The first kappa shape index (κ1) is 23.6. The van der Waals surface area contributed by atoms with E-state index >= 15 is 0 Å². The van der Waals surface area contributed by atoms with Crippen LogP contribution in [0.15, 0.2) is 24.3 Å². The molecule has 154 valence electrons. The standard InChI is InChI=1S/C22H36O5/c1-4-5-8-11-16(23)14-15-18-17(20(26)22(2,3)21(18)27)12-9-6-7-10-13-19(24)25/h6,9,14-18,21,23,27H,4-5,7-8,10-13H2,1-3H3,(H,24,25)/t16-,17+,18+,21-/m0/s1. The van der Waals surface area contributed by atoms with Crippen molar-refractivity contribution >= 4 is 11.8 Å². The Morgan fingerprint density at radius 3 is 2.56 bits per heavy atom. The molecule has 4 atom stereocenters. The van der Waals surface area contributed by atoms with Crippen molar-refractivity contribution in [2.45, 2.75) is 84.3 Å². The van der Waals surface area contributed by atoms with Gasteiger partial charge in [0.15, 0.2) is 0 Å². The number of Topliss-reactive ketones (excluding diaryl/α,β-unsaturated/α-hetero) is 1. The lowest BCUT2D eigenvalue weighted by atomic mass is 9.86. The van der Waals surface area contributed by atoms with Crippen molar-refractivity contribution < 1.29 is 24.9 Å². The summed E-state index contributed by atoms with van der Waals surface area (Å²) in [6.45, 7) is 5.66. The number of aliphatic carboxylic acids is 1. The van der Waals surface area contributed by atoms with Gasteiger partial charge in [-0.15, -0.1) is 0 Å². The zero-order valence-corrected chi connectivity index (χ0v) is 16.9. The number of carbonyl (C=O) groups excluding carboxylic acids is 1. The van der Waals surface area contributed by atoms with E-state index in [4.69, 9.17) is 5.11 Å². The van der Waals surface area contributed by atoms with Crippen LogP contribution in [0.4, 0.5) is 0 Å².